The summed E-state index contributed by atoms with van der Waals surface area (Å²) in [5.74, 6) is -0.293. The van der Waals surface area contributed by atoms with Gasteiger partial charge in [-0.25, -0.2) is 0 Å². The first-order chi connectivity index (χ1) is 9.47. The molecule has 1 fully saturated rings. The summed E-state index contributed by atoms with van der Waals surface area (Å²) in [5.41, 5.74) is 0.811. The van der Waals surface area contributed by atoms with E-state index in [1.807, 2.05) is 6.92 Å². The molecule has 1 heterocycles. The lowest BCUT2D eigenvalue weighted by Crippen LogP contribution is -2.39. The zero-order valence-electron chi connectivity index (χ0n) is 11.0. The summed E-state index contributed by atoms with van der Waals surface area (Å²) in [6, 6.07) is 5.87. The molecule has 2 amide bonds. The fourth-order valence-electron chi connectivity index (χ4n) is 2.14. The highest BCUT2D eigenvalue weighted by molar-refractivity contribution is 5.87. The van der Waals surface area contributed by atoms with Crippen LogP contribution in [0.4, 0.5) is 5.69 Å². The number of hydrogen-bond acceptors (Lipinski definition) is 4. The molecule has 7 heteroatoms. The van der Waals surface area contributed by atoms with E-state index in [-0.39, 0.29) is 36.5 Å². The van der Waals surface area contributed by atoms with Gasteiger partial charge in [-0.05, 0) is 12.5 Å². The van der Waals surface area contributed by atoms with Crippen molar-refractivity contribution in [1.82, 2.24) is 10.2 Å². The summed E-state index contributed by atoms with van der Waals surface area (Å²) in [6.07, 6.45) is 0.263. The van der Waals surface area contributed by atoms with E-state index in [0.717, 1.165) is 5.56 Å². The number of benzene rings is 1. The Hall–Kier alpha value is -2.44. The lowest BCUT2D eigenvalue weighted by molar-refractivity contribution is -0.384. The van der Waals surface area contributed by atoms with Crippen molar-refractivity contribution in [2.24, 2.45) is 0 Å². The van der Waals surface area contributed by atoms with Crippen molar-refractivity contribution < 1.29 is 14.5 Å². The highest BCUT2D eigenvalue weighted by Crippen LogP contribution is 2.16. The molecule has 0 bridgehead atoms. The van der Waals surface area contributed by atoms with Gasteiger partial charge in [0.05, 0.1) is 11.5 Å². The Balaban J connectivity index is 2.12. The number of non-ortho nitro benzene ring substituents is 1. The molecule has 0 aliphatic carbocycles. The second-order valence-corrected chi connectivity index (χ2v) is 4.78. The highest BCUT2D eigenvalue weighted by Gasteiger charge is 2.26. The Kier molecular flexibility index (Phi) is 3.97. The third kappa shape index (κ3) is 3.11. The molecule has 1 aromatic rings. The SMILES string of the molecule is CC1CC(=O)NCC(=O)N1Cc1ccc([N+](=O)[O-])cc1. The van der Waals surface area contributed by atoms with Gasteiger partial charge < -0.3 is 10.2 Å². The summed E-state index contributed by atoms with van der Waals surface area (Å²) in [5, 5.41) is 13.1. The predicted molar refractivity (Wildman–Crippen MR) is 70.7 cm³/mol. The predicted octanol–water partition coefficient (Wildman–Crippen LogP) is 0.832. The lowest BCUT2D eigenvalue weighted by atomic mass is 10.1. The van der Waals surface area contributed by atoms with Crippen LogP contribution in [-0.2, 0) is 16.1 Å². The molecule has 1 saturated heterocycles. The number of hydrogen-bond donors (Lipinski definition) is 1. The zero-order valence-corrected chi connectivity index (χ0v) is 11.0. The maximum absolute atomic E-state index is 12.0. The first kappa shape index (κ1) is 14.0. The average molecular weight is 277 g/mol. The standard InChI is InChI=1S/C13H15N3O4/c1-9-6-12(17)14-7-13(18)15(9)8-10-2-4-11(5-3-10)16(19)20/h2-5,9H,6-8H2,1H3,(H,14,17). The van der Waals surface area contributed by atoms with Gasteiger partial charge in [-0.15, -0.1) is 0 Å². The fraction of sp³-hybridized carbons (Fsp3) is 0.385. The van der Waals surface area contributed by atoms with Crippen LogP contribution in [0.3, 0.4) is 0 Å². The molecule has 1 aliphatic heterocycles. The molecular weight excluding hydrogens is 262 g/mol. The molecule has 0 spiro atoms. The van der Waals surface area contributed by atoms with Crippen molar-refractivity contribution in [1.29, 1.82) is 0 Å². The molecule has 0 aromatic heterocycles. The van der Waals surface area contributed by atoms with Crippen LogP contribution in [0.2, 0.25) is 0 Å². The van der Waals surface area contributed by atoms with Crippen LogP contribution in [0.15, 0.2) is 24.3 Å². The van der Waals surface area contributed by atoms with E-state index < -0.39 is 4.92 Å². The molecular formula is C13H15N3O4. The Labute approximate surface area is 115 Å². The van der Waals surface area contributed by atoms with Crippen molar-refractivity contribution in [3.8, 4) is 0 Å². The topological polar surface area (TPSA) is 92.6 Å². The molecule has 20 heavy (non-hydrogen) atoms. The monoisotopic (exact) mass is 277 g/mol. The van der Waals surface area contributed by atoms with Crippen molar-refractivity contribution in [2.75, 3.05) is 6.54 Å². The second-order valence-electron chi connectivity index (χ2n) is 4.78. The van der Waals surface area contributed by atoms with Crippen LogP contribution in [0.25, 0.3) is 0 Å². The lowest BCUT2D eigenvalue weighted by Gasteiger charge is -2.26. The van der Waals surface area contributed by atoms with Gasteiger partial charge in [0.2, 0.25) is 11.8 Å². The van der Waals surface area contributed by atoms with E-state index in [9.17, 15) is 19.7 Å². The number of carbonyl (C=O) groups excluding carboxylic acids is 2. The van der Waals surface area contributed by atoms with E-state index >= 15 is 0 Å². The Morgan fingerprint density at radius 2 is 2.00 bits per heavy atom. The van der Waals surface area contributed by atoms with E-state index in [1.54, 1.807) is 17.0 Å². The minimum absolute atomic E-state index is 0.00381. The van der Waals surface area contributed by atoms with Gasteiger partial charge in [0.1, 0.15) is 0 Å². The highest BCUT2D eigenvalue weighted by atomic mass is 16.6. The average Bonchev–Trinajstić information content (AvgIpc) is 2.52. The molecule has 2 rings (SSSR count). The van der Waals surface area contributed by atoms with Crippen LogP contribution in [0, 0.1) is 10.1 Å². The normalized spacial score (nSPS) is 19.4. The fourth-order valence-corrected chi connectivity index (χ4v) is 2.14. The minimum Gasteiger partial charge on any atom is -0.347 e. The van der Waals surface area contributed by atoms with Crippen molar-refractivity contribution >= 4 is 17.5 Å². The Morgan fingerprint density at radius 1 is 1.35 bits per heavy atom. The van der Waals surface area contributed by atoms with Crippen LogP contribution in [0.1, 0.15) is 18.9 Å². The number of nitrogens with one attached hydrogen (secondary N) is 1. The molecule has 1 N–H and O–H groups in total. The molecule has 7 nitrogen and oxygen atoms in total. The maximum Gasteiger partial charge on any atom is 0.269 e. The molecule has 1 atom stereocenters. The Morgan fingerprint density at radius 3 is 2.60 bits per heavy atom. The van der Waals surface area contributed by atoms with Gasteiger partial charge in [0.25, 0.3) is 5.69 Å². The van der Waals surface area contributed by atoms with E-state index in [0.29, 0.717) is 6.54 Å². The molecule has 0 radical (unpaired) electrons. The van der Waals surface area contributed by atoms with Crippen LogP contribution in [-0.4, -0.2) is 34.2 Å². The molecule has 1 aromatic carbocycles. The molecule has 0 saturated carbocycles. The molecule has 1 aliphatic rings. The maximum atomic E-state index is 12.0. The molecule has 106 valence electrons. The van der Waals surface area contributed by atoms with Gasteiger partial charge in [0.15, 0.2) is 0 Å². The van der Waals surface area contributed by atoms with Crippen LogP contribution in [0.5, 0.6) is 0 Å². The van der Waals surface area contributed by atoms with E-state index in [4.69, 9.17) is 0 Å². The van der Waals surface area contributed by atoms with Crippen LogP contribution >= 0.6 is 0 Å². The summed E-state index contributed by atoms with van der Waals surface area (Å²) in [4.78, 5) is 35.1. The number of carbonyl (C=O) groups is 2. The number of nitro groups is 1. The van der Waals surface area contributed by atoms with Crippen molar-refractivity contribution in [3.05, 3.63) is 39.9 Å². The molecule has 1 unspecified atom stereocenters. The summed E-state index contributed by atoms with van der Waals surface area (Å²) in [7, 11) is 0. The van der Waals surface area contributed by atoms with Crippen LogP contribution < -0.4 is 5.32 Å². The van der Waals surface area contributed by atoms with Gasteiger partial charge in [0, 0.05) is 31.1 Å². The quantitative estimate of drug-likeness (QED) is 0.654. The third-order valence-corrected chi connectivity index (χ3v) is 3.27. The van der Waals surface area contributed by atoms with E-state index in [1.165, 1.54) is 12.1 Å². The van der Waals surface area contributed by atoms with Gasteiger partial charge >= 0.3 is 0 Å². The largest absolute Gasteiger partial charge is 0.347 e. The number of nitro benzene ring substituents is 1. The third-order valence-electron chi connectivity index (χ3n) is 3.27. The number of amides is 2. The summed E-state index contributed by atoms with van der Waals surface area (Å²) in [6.45, 7) is 2.15. The van der Waals surface area contributed by atoms with E-state index in [2.05, 4.69) is 5.32 Å². The Bertz CT molecular complexity index is 541. The minimum atomic E-state index is -0.466. The smallest absolute Gasteiger partial charge is 0.269 e. The first-order valence-corrected chi connectivity index (χ1v) is 6.27. The first-order valence-electron chi connectivity index (χ1n) is 6.27. The van der Waals surface area contributed by atoms with Crippen molar-refractivity contribution in [2.45, 2.75) is 25.9 Å². The van der Waals surface area contributed by atoms with Gasteiger partial charge in [-0.3, -0.25) is 19.7 Å². The van der Waals surface area contributed by atoms with Gasteiger partial charge in [-0.2, -0.15) is 0 Å². The van der Waals surface area contributed by atoms with Crippen molar-refractivity contribution in [3.63, 3.8) is 0 Å². The zero-order chi connectivity index (χ0) is 14.7. The van der Waals surface area contributed by atoms with Gasteiger partial charge in [-0.1, -0.05) is 12.1 Å². The number of nitrogens with zero attached hydrogens (tertiary/aromatic N) is 2. The summed E-state index contributed by atoms with van der Waals surface area (Å²) < 4.78 is 0. The summed E-state index contributed by atoms with van der Waals surface area (Å²) >= 11 is 0. The second kappa shape index (κ2) is 5.68. The number of rotatable bonds is 3.